The van der Waals surface area contributed by atoms with Crippen LogP contribution in [0.3, 0.4) is 0 Å². The molecule has 1 fully saturated rings. The van der Waals surface area contributed by atoms with Gasteiger partial charge in [0, 0.05) is 12.0 Å². The van der Waals surface area contributed by atoms with Gasteiger partial charge in [-0.2, -0.15) is 0 Å². The van der Waals surface area contributed by atoms with Crippen LogP contribution in [0.5, 0.6) is 5.75 Å². The molecule has 1 saturated carbocycles. The number of ether oxygens (including phenoxy) is 1. The van der Waals surface area contributed by atoms with Crippen LogP contribution < -0.4 is 21.1 Å². The molecule has 4 N–H and O–H groups in total. The molecule has 2 rings (SSSR count). The summed E-state index contributed by atoms with van der Waals surface area (Å²) < 4.78 is 5.34. The summed E-state index contributed by atoms with van der Waals surface area (Å²) in [7, 11) is 1.66. The van der Waals surface area contributed by atoms with Crippen LogP contribution in [0.4, 0.5) is 0 Å². The first-order valence-electron chi connectivity index (χ1n) is 9.32. The van der Waals surface area contributed by atoms with Gasteiger partial charge in [-0.15, -0.1) is 0 Å². The van der Waals surface area contributed by atoms with E-state index in [1.165, 1.54) is 5.56 Å². The molecule has 1 aromatic rings. The van der Waals surface area contributed by atoms with Crippen molar-refractivity contribution in [2.45, 2.75) is 51.0 Å². The van der Waals surface area contributed by atoms with E-state index in [9.17, 15) is 9.59 Å². The second-order valence-corrected chi connectivity index (χ2v) is 7.48. The molecule has 1 aromatic carbocycles. The van der Waals surface area contributed by atoms with Gasteiger partial charge in [-0.05, 0) is 36.5 Å². The average Bonchev–Trinajstić information content (AvgIpc) is 3.14. The maximum absolute atomic E-state index is 12.2. The van der Waals surface area contributed by atoms with E-state index in [1.54, 1.807) is 7.11 Å². The van der Waals surface area contributed by atoms with E-state index < -0.39 is 6.04 Å². The highest BCUT2D eigenvalue weighted by atomic mass is 16.5. The minimum absolute atomic E-state index is 0.0351. The third-order valence-electron chi connectivity index (χ3n) is 5.31. The molecule has 0 saturated heterocycles. The fourth-order valence-electron chi connectivity index (χ4n) is 3.49. The molecule has 0 unspecified atom stereocenters. The maximum Gasteiger partial charge on any atom is 0.239 e. The third-order valence-corrected chi connectivity index (χ3v) is 5.31. The molecule has 0 radical (unpaired) electrons. The van der Waals surface area contributed by atoms with Crippen LogP contribution in [0.1, 0.15) is 45.1 Å². The summed E-state index contributed by atoms with van der Waals surface area (Å²) in [5.41, 5.74) is 6.92. The Balaban J connectivity index is 1.94. The second kappa shape index (κ2) is 9.03. The number of benzene rings is 1. The molecule has 6 nitrogen and oxygen atoms in total. The maximum atomic E-state index is 12.2. The average molecular weight is 361 g/mol. The van der Waals surface area contributed by atoms with Crippen molar-refractivity contribution in [2.75, 3.05) is 20.2 Å². The van der Waals surface area contributed by atoms with Crippen LogP contribution in [-0.4, -0.2) is 38.1 Å². The van der Waals surface area contributed by atoms with E-state index in [2.05, 4.69) is 22.8 Å². The SMILES string of the molecule is COc1cccc(C2(CNC(=O)CNC(=O)[C@@H](N)C(C)C)CCCC2)c1. The fraction of sp³-hybridized carbons (Fsp3) is 0.600. The lowest BCUT2D eigenvalue weighted by Gasteiger charge is -2.30. The molecular formula is C20H31N3O3. The normalized spacial score (nSPS) is 17.0. The molecule has 6 heteroatoms. The zero-order valence-electron chi connectivity index (χ0n) is 16.0. The molecule has 0 aliphatic heterocycles. The molecule has 0 heterocycles. The first kappa shape index (κ1) is 20.2. The van der Waals surface area contributed by atoms with Crippen LogP contribution in [0, 0.1) is 5.92 Å². The topological polar surface area (TPSA) is 93.5 Å². The van der Waals surface area contributed by atoms with Crippen LogP contribution >= 0.6 is 0 Å². The van der Waals surface area contributed by atoms with Crippen molar-refractivity contribution in [3.8, 4) is 5.75 Å². The lowest BCUT2D eigenvalue weighted by molar-refractivity contribution is -0.127. The van der Waals surface area contributed by atoms with E-state index in [0.29, 0.717) is 6.54 Å². The van der Waals surface area contributed by atoms with Crippen molar-refractivity contribution in [2.24, 2.45) is 11.7 Å². The smallest absolute Gasteiger partial charge is 0.239 e. The predicted octanol–water partition coefficient (Wildman–Crippen LogP) is 1.72. The quantitative estimate of drug-likeness (QED) is 0.657. The zero-order chi connectivity index (χ0) is 19.2. The van der Waals surface area contributed by atoms with Crippen molar-refractivity contribution >= 4 is 11.8 Å². The molecule has 1 aliphatic carbocycles. The largest absolute Gasteiger partial charge is 0.497 e. The standard InChI is InChI=1S/C20H31N3O3/c1-14(2)18(21)19(25)22-12-17(24)23-13-20(9-4-5-10-20)15-7-6-8-16(11-15)26-3/h6-8,11,14,18H,4-5,9-10,12-13,21H2,1-3H3,(H,22,25)(H,23,24)/t18-/m0/s1. The van der Waals surface area contributed by atoms with Crippen molar-refractivity contribution in [3.63, 3.8) is 0 Å². The summed E-state index contributed by atoms with van der Waals surface area (Å²) >= 11 is 0. The monoisotopic (exact) mass is 361 g/mol. The second-order valence-electron chi connectivity index (χ2n) is 7.48. The number of carbonyl (C=O) groups is 2. The lowest BCUT2D eigenvalue weighted by atomic mass is 9.78. The summed E-state index contributed by atoms with van der Waals surface area (Å²) in [6.07, 6.45) is 4.36. The summed E-state index contributed by atoms with van der Waals surface area (Å²) in [4.78, 5) is 24.1. The third kappa shape index (κ3) is 4.97. The van der Waals surface area contributed by atoms with E-state index >= 15 is 0 Å². The Morgan fingerprint density at radius 1 is 1.23 bits per heavy atom. The van der Waals surface area contributed by atoms with Crippen molar-refractivity contribution in [3.05, 3.63) is 29.8 Å². The molecule has 1 aliphatic rings. The van der Waals surface area contributed by atoms with Crippen molar-refractivity contribution in [1.29, 1.82) is 0 Å². The van der Waals surface area contributed by atoms with Crippen molar-refractivity contribution < 1.29 is 14.3 Å². The van der Waals surface area contributed by atoms with Gasteiger partial charge in [-0.1, -0.05) is 38.8 Å². The molecule has 0 aromatic heterocycles. The first-order chi connectivity index (χ1) is 12.4. The highest BCUT2D eigenvalue weighted by Gasteiger charge is 2.36. The van der Waals surface area contributed by atoms with Gasteiger partial charge in [-0.25, -0.2) is 0 Å². The van der Waals surface area contributed by atoms with Crippen LogP contribution in [0.25, 0.3) is 0 Å². The molecule has 0 bridgehead atoms. The molecule has 1 atom stereocenters. The van der Waals surface area contributed by atoms with Gasteiger partial charge in [-0.3, -0.25) is 9.59 Å². The van der Waals surface area contributed by atoms with Gasteiger partial charge in [0.2, 0.25) is 11.8 Å². The number of carbonyl (C=O) groups excluding carboxylic acids is 2. The Bertz CT molecular complexity index is 624. The number of rotatable bonds is 8. The Hall–Kier alpha value is -2.08. The molecular weight excluding hydrogens is 330 g/mol. The zero-order valence-corrected chi connectivity index (χ0v) is 16.0. The number of hydrogen-bond acceptors (Lipinski definition) is 4. The van der Waals surface area contributed by atoms with Gasteiger partial charge in [0.15, 0.2) is 0 Å². The summed E-state index contributed by atoms with van der Waals surface area (Å²) in [6, 6.07) is 7.48. The Morgan fingerprint density at radius 2 is 1.92 bits per heavy atom. The number of nitrogens with two attached hydrogens (primary N) is 1. The van der Waals surface area contributed by atoms with Gasteiger partial charge >= 0.3 is 0 Å². The Labute approximate surface area is 155 Å². The Kier molecular flexibility index (Phi) is 7.03. The van der Waals surface area contributed by atoms with Crippen molar-refractivity contribution in [1.82, 2.24) is 10.6 Å². The van der Waals surface area contributed by atoms with Crippen LogP contribution in [0.15, 0.2) is 24.3 Å². The van der Waals surface area contributed by atoms with Gasteiger partial charge in [0.05, 0.1) is 19.7 Å². The number of hydrogen-bond donors (Lipinski definition) is 3. The highest BCUT2D eigenvalue weighted by Crippen LogP contribution is 2.41. The van der Waals surface area contributed by atoms with E-state index in [-0.39, 0.29) is 29.7 Å². The summed E-state index contributed by atoms with van der Waals surface area (Å²) in [5.74, 6) is 0.380. The van der Waals surface area contributed by atoms with Gasteiger partial charge in [0.25, 0.3) is 0 Å². The first-order valence-corrected chi connectivity index (χ1v) is 9.32. The predicted molar refractivity (Wildman–Crippen MR) is 102 cm³/mol. The molecule has 26 heavy (non-hydrogen) atoms. The lowest BCUT2D eigenvalue weighted by Crippen LogP contribution is -2.48. The summed E-state index contributed by atoms with van der Waals surface area (Å²) in [5, 5.41) is 5.60. The fourth-order valence-corrected chi connectivity index (χ4v) is 3.49. The number of amides is 2. The minimum Gasteiger partial charge on any atom is -0.497 e. The molecule has 144 valence electrons. The van der Waals surface area contributed by atoms with Gasteiger partial charge < -0.3 is 21.1 Å². The number of nitrogens with one attached hydrogen (secondary N) is 2. The highest BCUT2D eigenvalue weighted by molar-refractivity contribution is 5.87. The summed E-state index contributed by atoms with van der Waals surface area (Å²) in [6.45, 7) is 4.27. The molecule has 0 spiro atoms. The number of methoxy groups -OCH3 is 1. The minimum atomic E-state index is -0.597. The van der Waals surface area contributed by atoms with Gasteiger partial charge in [0.1, 0.15) is 5.75 Å². The Morgan fingerprint density at radius 3 is 2.54 bits per heavy atom. The molecule has 2 amide bonds. The van der Waals surface area contributed by atoms with Crippen LogP contribution in [-0.2, 0) is 15.0 Å². The van der Waals surface area contributed by atoms with E-state index in [0.717, 1.165) is 31.4 Å². The van der Waals surface area contributed by atoms with Crippen LogP contribution in [0.2, 0.25) is 0 Å². The van der Waals surface area contributed by atoms with E-state index in [1.807, 2.05) is 26.0 Å². The van der Waals surface area contributed by atoms with E-state index in [4.69, 9.17) is 10.5 Å².